The average molecular weight is 403 g/mol. The largest absolute Gasteiger partial charge is 0.330 e. The zero-order chi connectivity index (χ0) is 21.1. The van der Waals surface area contributed by atoms with Crippen LogP contribution in [0.4, 0.5) is 5.69 Å². The van der Waals surface area contributed by atoms with Crippen molar-refractivity contribution >= 4 is 11.5 Å². The molecular formula is C29H26N2. The van der Waals surface area contributed by atoms with E-state index in [-0.39, 0.29) is 0 Å². The molecule has 0 aromatic heterocycles. The van der Waals surface area contributed by atoms with Crippen LogP contribution in [0.2, 0.25) is 0 Å². The lowest BCUT2D eigenvalue weighted by Gasteiger charge is -2.42. The van der Waals surface area contributed by atoms with Crippen LogP contribution in [0.5, 0.6) is 0 Å². The molecule has 152 valence electrons. The molecule has 2 heteroatoms. The first-order chi connectivity index (χ1) is 15.3. The third-order valence-corrected chi connectivity index (χ3v) is 6.10. The first-order valence-electron chi connectivity index (χ1n) is 10.9. The predicted molar refractivity (Wildman–Crippen MR) is 130 cm³/mol. The summed E-state index contributed by atoms with van der Waals surface area (Å²) in [5.74, 6) is 1.10. The van der Waals surface area contributed by atoms with Crippen LogP contribution in [-0.2, 0) is 12.0 Å². The van der Waals surface area contributed by atoms with Gasteiger partial charge in [-0.2, -0.15) is 0 Å². The second kappa shape index (κ2) is 8.23. The van der Waals surface area contributed by atoms with Crippen LogP contribution in [0.1, 0.15) is 29.2 Å². The Morgan fingerprint density at radius 2 is 1.16 bits per heavy atom. The van der Waals surface area contributed by atoms with Gasteiger partial charge in [0.25, 0.3) is 0 Å². The third-order valence-electron chi connectivity index (χ3n) is 6.10. The van der Waals surface area contributed by atoms with Crippen molar-refractivity contribution < 1.29 is 0 Å². The first-order valence-corrected chi connectivity index (χ1v) is 10.9. The van der Waals surface area contributed by atoms with Gasteiger partial charge in [0.05, 0.1) is 0 Å². The van der Waals surface area contributed by atoms with E-state index in [9.17, 15) is 0 Å². The monoisotopic (exact) mass is 402 g/mol. The Labute approximate surface area is 184 Å². The molecule has 0 saturated heterocycles. The van der Waals surface area contributed by atoms with Crippen LogP contribution in [0.25, 0.3) is 0 Å². The Bertz CT molecular complexity index is 1140. The van der Waals surface area contributed by atoms with Crippen LogP contribution in [-0.4, -0.2) is 12.4 Å². The molecule has 5 rings (SSSR count). The fourth-order valence-corrected chi connectivity index (χ4v) is 4.70. The van der Waals surface area contributed by atoms with Gasteiger partial charge in [0.15, 0.2) is 0 Å². The molecule has 4 aromatic rings. The summed E-state index contributed by atoms with van der Waals surface area (Å²) >= 11 is 0. The van der Waals surface area contributed by atoms with Crippen LogP contribution in [0, 0.1) is 0 Å². The Balaban J connectivity index is 1.81. The number of anilines is 1. The molecule has 1 aliphatic heterocycles. The SMILES string of the molecule is CCN1C(Cc2ccccc2)=NC(c2ccccc2)(c2ccccc2)c2ccccc21. The number of amidine groups is 1. The van der Waals surface area contributed by atoms with Crippen molar-refractivity contribution in [1.82, 2.24) is 0 Å². The molecule has 4 aromatic carbocycles. The first kappa shape index (κ1) is 19.3. The van der Waals surface area contributed by atoms with Gasteiger partial charge in [-0.25, -0.2) is 0 Å². The van der Waals surface area contributed by atoms with Crippen molar-refractivity contribution in [3.8, 4) is 0 Å². The summed E-state index contributed by atoms with van der Waals surface area (Å²) in [4.78, 5) is 7.95. The molecule has 0 spiro atoms. The Morgan fingerprint density at radius 3 is 1.74 bits per heavy atom. The topological polar surface area (TPSA) is 15.6 Å². The molecule has 1 heterocycles. The minimum Gasteiger partial charge on any atom is -0.330 e. The standard InChI is InChI=1S/C29H26N2/c1-2-31-27-21-13-12-20-26(27)29(24-16-8-4-9-17-24,25-18-10-5-11-19-25)30-28(31)22-23-14-6-3-7-15-23/h3-21H,2,22H2,1H3. The van der Waals surface area contributed by atoms with E-state index in [1.165, 1.54) is 27.9 Å². The van der Waals surface area contributed by atoms with E-state index in [2.05, 4.69) is 127 Å². The minimum absolute atomic E-state index is 0.575. The summed E-state index contributed by atoms with van der Waals surface area (Å²) in [7, 11) is 0. The maximum atomic E-state index is 5.59. The number of aliphatic imine (C=N–C) groups is 1. The quantitative estimate of drug-likeness (QED) is 0.374. The van der Waals surface area contributed by atoms with E-state index in [4.69, 9.17) is 4.99 Å². The molecule has 2 nitrogen and oxygen atoms in total. The number of likely N-dealkylation sites (N-methyl/N-ethyl adjacent to an activating group) is 1. The Morgan fingerprint density at radius 1 is 0.645 bits per heavy atom. The van der Waals surface area contributed by atoms with Crippen molar-refractivity contribution in [2.75, 3.05) is 11.4 Å². The number of nitrogens with zero attached hydrogens (tertiary/aromatic N) is 2. The molecule has 0 atom stereocenters. The molecule has 1 aliphatic rings. The number of rotatable bonds is 5. The second-order valence-corrected chi connectivity index (χ2v) is 7.89. The predicted octanol–water partition coefficient (Wildman–Crippen LogP) is 6.46. The summed E-state index contributed by atoms with van der Waals surface area (Å²) in [5, 5.41) is 0. The normalized spacial score (nSPS) is 14.6. The van der Waals surface area contributed by atoms with E-state index in [0.29, 0.717) is 0 Å². The smallest absolute Gasteiger partial charge is 0.140 e. The van der Waals surface area contributed by atoms with E-state index in [1.54, 1.807) is 0 Å². The zero-order valence-electron chi connectivity index (χ0n) is 17.8. The molecule has 0 N–H and O–H groups in total. The highest BCUT2D eigenvalue weighted by atomic mass is 15.2. The highest BCUT2D eigenvalue weighted by Crippen LogP contribution is 2.47. The van der Waals surface area contributed by atoms with E-state index < -0.39 is 5.54 Å². The van der Waals surface area contributed by atoms with Gasteiger partial charge in [0, 0.05) is 24.2 Å². The van der Waals surface area contributed by atoms with Crippen molar-refractivity contribution in [2.45, 2.75) is 18.9 Å². The molecule has 0 bridgehead atoms. The van der Waals surface area contributed by atoms with Crippen LogP contribution in [0.3, 0.4) is 0 Å². The van der Waals surface area contributed by atoms with Gasteiger partial charge in [-0.3, -0.25) is 4.99 Å². The van der Waals surface area contributed by atoms with Crippen molar-refractivity contribution in [3.63, 3.8) is 0 Å². The fourth-order valence-electron chi connectivity index (χ4n) is 4.70. The van der Waals surface area contributed by atoms with Gasteiger partial charge >= 0.3 is 0 Å². The summed E-state index contributed by atoms with van der Waals surface area (Å²) in [6, 6.07) is 40.8. The number of fused-ring (bicyclic) bond motifs is 1. The van der Waals surface area contributed by atoms with Crippen LogP contribution >= 0.6 is 0 Å². The summed E-state index contributed by atoms with van der Waals surface area (Å²) in [6.45, 7) is 3.08. The maximum Gasteiger partial charge on any atom is 0.140 e. The van der Waals surface area contributed by atoms with Gasteiger partial charge < -0.3 is 4.90 Å². The second-order valence-electron chi connectivity index (χ2n) is 7.89. The maximum absolute atomic E-state index is 5.59. The van der Waals surface area contributed by atoms with Crippen molar-refractivity contribution in [2.24, 2.45) is 4.99 Å². The summed E-state index contributed by atoms with van der Waals surface area (Å²) in [5.41, 5.74) is 5.54. The van der Waals surface area contributed by atoms with Gasteiger partial charge in [0.2, 0.25) is 0 Å². The van der Waals surface area contributed by atoms with E-state index in [0.717, 1.165) is 18.8 Å². The number of benzene rings is 4. The minimum atomic E-state index is -0.575. The molecule has 0 aliphatic carbocycles. The van der Waals surface area contributed by atoms with Gasteiger partial charge in [0.1, 0.15) is 11.4 Å². The number of hydrogen-bond acceptors (Lipinski definition) is 2. The lowest BCUT2D eigenvalue weighted by atomic mass is 9.75. The highest BCUT2D eigenvalue weighted by molar-refractivity contribution is 6.02. The van der Waals surface area contributed by atoms with E-state index in [1.807, 2.05) is 0 Å². The average Bonchev–Trinajstić information content (AvgIpc) is 2.85. The lowest BCUT2D eigenvalue weighted by molar-refractivity contribution is 0.637. The molecule has 31 heavy (non-hydrogen) atoms. The number of hydrogen-bond donors (Lipinski definition) is 0. The van der Waals surface area contributed by atoms with E-state index >= 15 is 0 Å². The molecule has 0 unspecified atom stereocenters. The van der Waals surface area contributed by atoms with Crippen LogP contribution < -0.4 is 4.90 Å². The zero-order valence-corrected chi connectivity index (χ0v) is 17.8. The Kier molecular flexibility index (Phi) is 5.13. The molecule has 0 fully saturated rings. The third kappa shape index (κ3) is 3.34. The van der Waals surface area contributed by atoms with Gasteiger partial charge in [-0.05, 0) is 29.7 Å². The lowest BCUT2D eigenvalue weighted by Crippen LogP contribution is -2.43. The molecule has 0 amide bonds. The van der Waals surface area contributed by atoms with Crippen molar-refractivity contribution in [1.29, 1.82) is 0 Å². The van der Waals surface area contributed by atoms with Crippen molar-refractivity contribution in [3.05, 3.63) is 138 Å². The van der Waals surface area contributed by atoms with Gasteiger partial charge in [-0.1, -0.05) is 109 Å². The van der Waals surface area contributed by atoms with Gasteiger partial charge in [-0.15, -0.1) is 0 Å². The fraction of sp³-hybridized carbons (Fsp3) is 0.138. The van der Waals surface area contributed by atoms with Crippen LogP contribution in [0.15, 0.2) is 120 Å². The molecule has 0 saturated carbocycles. The number of para-hydroxylation sites is 1. The Hall–Kier alpha value is -3.65. The summed E-state index contributed by atoms with van der Waals surface area (Å²) in [6.07, 6.45) is 0.796. The molecule has 0 radical (unpaired) electrons. The summed E-state index contributed by atoms with van der Waals surface area (Å²) < 4.78 is 0. The molecular weight excluding hydrogens is 376 g/mol. The highest BCUT2D eigenvalue weighted by Gasteiger charge is 2.42.